The highest BCUT2D eigenvalue weighted by atomic mass is 16.3. The van der Waals surface area contributed by atoms with Crippen molar-refractivity contribution in [3.8, 4) is 0 Å². The van der Waals surface area contributed by atoms with E-state index in [1.165, 1.54) is 26.3 Å². The molecule has 0 saturated carbocycles. The molecule has 2 atom stereocenters. The first kappa shape index (κ1) is 39.4. The fourth-order valence-corrected chi connectivity index (χ4v) is 7.38. The number of rotatable bonds is 11. The van der Waals surface area contributed by atoms with Crippen molar-refractivity contribution in [2.45, 2.75) is 95.2 Å². The SMILES string of the molecule is CC(=O)/C(C=N[C@H](c1cc(C)cc(C)c1)[C@H](N=C/C(C(C)=O)=C(/O)c1c(C)cc(C)cc1C)c1cc(C)cc(C)c1)=C(\O)c1c(C)cc(C)cc1C. The van der Waals surface area contributed by atoms with E-state index in [2.05, 4.69) is 12.1 Å². The molecule has 0 aliphatic heterocycles. The smallest absolute Gasteiger partial charge is 0.165 e. The first-order valence-electron chi connectivity index (χ1n) is 17.6. The monoisotopic (exact) mass is 696 g/mol. The molecule has 6 heteroatoms. The zero-order valence-corrected chi connectivity index (χ0v) is 32.7. The molecule has 0 unspecified atom stereocenters. The molecular formula is C46H52N2O4. The van der Waals surface area contributed by atoms with Crippen LogP contribution in [0.3, 0.4) is 0 Å². The number of Topliss-reactive ketones (excluding diaryl/α,β-unsaturated/α-hetero) is 2. The fourth-order valence-electron chi connectivity index (χ4n) is 7.38. The number of hydrogen-bond acceptors (Lipinski definition) is 6. The maximum absolute atomic E-state index is 13.2. The molecule has 0 saturated heterocycles. The molecule has 0 aromatic heterocycles. The van der Waals surface area contributed by atoms with Gasteiger partial charge in [0.2, 0.25) is 0 Å². The van der Waals surface area contributed by atoms with E-state index >= 15 is 0 Å². The summed E-state index contributed by atoms with van der Waals surface area (Å²) >= 11 is 0. The van der Waals surface area contributed by atoms with Gasteiger partial charge in [-0.3, -0.25) is 19.6 Å². The van der Waals surface area contributed by atoms with Gasteiger partial charge < -0.3 is 10.2 Å². The van der Waals surface area contributed by atoms with Gasteiger partial charge in [0.15, 0.2) is 11.6 Å². The fraction of sp³-hybridized carbons (Fsp3) is 0.304. The average Bonchev–Trinajstić information content (AvgIpc) is 2.99. The number of aryl methyl sites for hydroxylation is 10. The molecule has 0 amide bonds. The van der Waals surface area contributed by atoms with Gasteiger partial charge >= 0.3 is 0 Å². The van der Waals surface area contributed by atoms with Crippen LogP contribution in [0.15, 0.2) is 81.8 Å². The standard InChI is InChI=1S/C46H52N2O4/c1-25-13-26(2)20-37(19-25)43(47-23-39(35(11)49)45(51)41-31(7)15-29(5)16-32(41)8)44(38-21-27(3)14-28(4)22-38)48-24-40(36(12)50)46(52)42-33(9)17-30(6)18-34(42)10/h13-24,43-44,51-52H,1-12H3/b45-39-,46-40-,47-23?,48-24?/t43-,44-/m1/s1. The first-order chi connectivity index (χ1) is 24.4. The number of hydrogen-bond donors (Lipinski definition) is 2. The molecule has 2 N–H and O–H groups in total. The number of allylic oxidation sites excluding steroid dienone is 2. The van der Waals surface area contributed by atoms with Crippen LogP contribution in [-0.2, 0) is 9.59 Å². The van der Waals surface area contributed by atoms with Gasteiger partial charge in [-0.25, -0.2) is 0 Å². The van der Waals surface area contributed by atoms with Crippen molar-refractivity contribution >= 4 is 35.5 Å². The summed E-state index contributed by atoms with van der Waals surface area (Å²) in [5, 5.41) is 23.3. The van der Waals surface area contributed by atoms with Crippen molar-refractivity contribution in [2.24, 2.45) is 9.98 Å². The van der Waals surface area contributed by atoms with Gasteiger partial charge in [-0.1, -0.05) is 94.0 Å². The lowest BCUT2D eigenvalue weighted by atomic mass is 9.90. The summed E-state index contributed by atoms with van der Waals surface area (Å²) in [6, 6.07) is 18.9. The summed E-state index contributed by atoms with van der Waals surface area (Å²) in [7, 11) is 0. The van der Waals surface area contributed by atoms with Crippen molar-refractivity contribution in [1.29, 1.82) is 0 Å². The number of carbonyl (C=O) groups excluding carboxylic acids is 2. The lowest BCUT2D eigenvalue weighted by Gasteiger charge is -2.24. The molecule has 0 radical (unpaired) electrons. The Morgan fingerprint density at radius 1 is 0.462 bits per heavy atom. The molecule has 52 heavy (non-hydrogen) atoms. The summed E-state index contributed by atoms with van der Waals surface area (Å²) in [5.74, 6) is -0.927. The molecule has 0 spiro atoms. The van der Waals surface area contributed by atoms with Crippen LogP contribution in [0.5, 0.6) is 0 Å². The summed E-state index contributed by atoms with van der Waals surface area (Å²) in [5.41, 5.74) is 12.7. The third kappa shape index (κ3) is 9.10. The molecule has 4 aromatic carbocycles. The van der Waals surface area contributed by atoms with Gasteiger partial charge in [0.1, 0.15) is 23.6 Å². The van der Waals surface area contributed by atoms with E-state index in [0.29, 0.717) is 11.1 Å². The second kappa shape index (κ2) is 16.3. The molecule has 0 heterocycles. The zero-order chi connectivity index (χ0) is 38.6. The molecular weight excluding hydrogens is 645 g/mol. The molecule has 0 bridgehead atoms. The Labute approximate surface area is 309 Å². The Balaban J connectivity index is 2.04. The van der Waals surface area contributed by atoms with Gasteiger partial charge in [-0.05, 0) is 116 Å². The third-order valence-corrected chi connectivity index (χ3v) is 9.30. The maximum Gasteiger partial charge on any atom is 0.165 e. The van der Waals surface area contributed by atoms with Crippen molar-refractivity contribution in [1.82, 2.24) is 0 Å². The normalized spacial score (nSPS) is 14.0. The van der Waals surface area contributed by atoms with Crippen LogP contribution < -0.4 is 0 Å². The van der Waals surface area contributed by atoms with E-state index < -0.39 is 12.1 Å². The van der Waals surface area contributed by atoms with Crippen molar-refractivity contribution in [3.63, 3.8) is 0 Å². The molecule has 0 aliphatic rings. The first-order valence-corrected chi connectivity index (χ1v) is 17.6. The Kier molecular flexibility index (Phi) is 12.4. The van der Waals surface area contributed by atoms with E-state index in [9.17, 15) is 19.8 Å². The molecule has 270 valence electrons. The highest BCUT2D eigenvalue weighted by Gasteiger charge is 2.27. The van der Waals surface area contributed by atoms with E-state index in [0.717, 1.165) is 66.8 Å². The van der Waals surface area contributed by atoms with Crippen LogP contribution in [0.25, 0.3) is 11.5 Å². The van der Waals surface area contributed by atoms with Crippen molar-refractivity contribution in [3.05, 3.63) is 150 Å². The number of carbonyl (C=O) groups is 2. The van der Waals surface area contributed by atoms with Gasteiger partial charge in [0, 0.05) is 23.6 Å². The van der Waals surface area contributed by atoms with Crippen LogP contribution in [0.4, 0.5) is 0 Å². The van der Waals surface area contributed by atoms with Crippen LogP contribution in [-0.4, -0.2) is 34.2 Å². The second-order valence-electron chi connectivity index (χ2n) is 14.5. The summed E-state index contributed by atoms with van der Waals surface area (Å²) < 4.78 is 0. The second-order valence-corrected chi connectivity index (χ2v) is 14.5. The number of ketones is 2. The van der Waals surface area contributed by atoms with E-state index in [-0.39, 0.29) is 34.2 Å². The lowest BCUT2D eigenvalue weighted by molar-refractivity contribution is -0.114. The summed E-state index contributed by atoms with van der Waals surface area (Å²) in [6.45, 7) is 22.6. The minimum atomic E-state index is -0.684. The number of benzene rings is 4. The number of aliphatic hydroxyl groups is 2. The predicted octanol–water partition coefficient (Wildman–Crippen LogP) is 10.8. The van der Waals surface area contributed by atoms with Crippen LogP contribution in [0.2, 0.25) is 0 Å². The highest BCUT2D eigenvalue weighted by Crippen LogP contribution is 2.38. The Bertz CT molecular complexity index is 1940. The van der Waals surface area contributed by atoms with Crippen LogP contribution >= 0.6 is 0 Å². The average molecular weight is 697 g/mol. The maximum atomic E-state index is 13.2. The molecule has 4 aromatic rings. The van der Waals surface area contributed by atoms with Gasteiger partial charge in [-0.2, -0.15) is 0 Å². The quantitative estimate of drug-likeness (QED) is 0.0926. The molecule has 0 fully saturated rings. The topological polar surface area (TPSA) is 99.3 Å². The van der Waals surface area contributed by atoms with Crippen molar-refractivity contribution < 1.29 is 19.8 Å². The van der Waals surface area contributed by atoms with Gasteiger partial charge in [0.05, 0.1) is 11.1 Å². The Morgan fingerprint density at radius 3 is 0.962 bits per heavy atom. The molecule has 0 aliphatic carbocycles. The molecule has 4 rings (SSSR count). The largest absolute Gasteiger partial charge is 0.506 e. The predicted molar refractivity (Wildman–Crippen MR) is 216 cm³/mol. The van der Waals surface area contributed by atoms with Crippen LogP contribution in [0.1, 0.15) is 104 Å². The number of aliphatic imine (C=N–C) groups is 2. The van der Waals surface area contributed by atoms with E-state index in [1.807, 2.05) is 118 Å². The minimum absolute atomic E-state index is 0.0832. The summed E-state index contributed by atoms with van der Waals surface area (Å²) in [6.07, 6.45) is 2.92. The van der Waals surface area contributed by atoms with E-state index in [1.54, 1.807) is 0 Å². The zero-order valence-electron chi connectivity index (χ0n) is 32.7. The number of nitrogens with zero attached hydrogens (tertiary/aromatic N) is 2. The highest BCUT2D eigenvalue weighted by molar-refractivity contribution is 6.18. The van der Waals surface area contributed by atoms with E-state index in [4.69, 9.17) is 9.98 Å². The molecule has 6 nitrogen and oxygen atoms in total. The Morgan fingerprint density at radius 2 is 0.712 bits per heavy atom. The van der Waals surface area contributed by atoms with Gasteiger partial charge in [0.25, 0.3) is 0 Å². The van der Waals surface area contributed by atoms with Crippen LogP contribution in [0, 0.1) is 69.2 Å². The lowest BCUT2D eigenvalue weighted by Crippen LogP contribution is -2.13. The number of aliphatic hydroxyl groups excluding tert-OH is 2. The van der Waals surface area contributed by atoms with Gasteiger partial charge in [-0.15, -0.1) is 0 Å². The summed E-state index contributed by atoms with van der Waals surface area (Å²) in [4.78, 5) is 36.6. The third-order valence-electron chi connectivity index (χ3n) is 9.30. The Hall–Kier alpha value is -5.36. The van der Waals surface area contributed by atoms with Crippen molar-refractivity contribution in [2.75, 3.05) is 0 Å². The minimum Gasteiger partial charge on any atom is -0.506 e.